The molecule has 0 amide bonds. The lowest BCUT2D eigenvalue weighted by molar-refractivity contribution is -0.384. The van der Waals surface area contributed by atoms with Crippen molar-refractivity contribution in [2.24, 2.45) is 0 Å². The predicted molar refractivity (Wildman–Crippen MR) is 127 cm³/mol. The molecule has 5 rings (SSSR count). The monoisotopic (exact) mass is 427 g/mol. The van der Waals surface area contributed by atoms with Crippen LogP contribution in [0.1, 0.15) is 18.4 Å². The maximum Gasteiger partial charge on any atom is 0.312 e. The number of aromatic nitrogens is 2. The second kappa shape index (κ2) is 8.43. The molecule has 0 radical (unpaired) electrons. The number of fused-ring (bicyclic) bond motifs is 1. The van der Waals surface area contributed by atoms with Crippen molar-refractivity contribution in [3.05, 3.63) is 82.7 Å². The second-order valence-electron chi connectivity index (χ2n) is 8.39. The molecule has 1 fully saturated rings. The molecule has 0 spiro atoms. The van der Waals surface area contributed by atoms with Crippen LogP contribution in [0.2, 0.25) is 0 Å². The summed E-state index contributed by atoms with van der Waals surface area (Å²) < 4.78 is 0. The van der Waals surface area contributed by atoms with Crippen LogP contribution < -0.4 is 5.32 Å². The van der Waals surface area contributed by atoms with Crippen LogP contribution in [0.3, 0.4) is 0 Å². The first kappa shape index (κ1) is 20.2. The molecule has 0 saturated carbocycles. The van der Waals surface area contributed by atoms with E-state index in [9.17, 15) is 10.1 Å². The minimum atomic E-state index is -0.391. The van der Waals surface area contributed by atoms with Gasteiger partial charge in [0.25, 0.3) is 0 Å². The Morgan fingerprint density at radius 3 is 2.78 bits per heavy atom. The molecule has 7 nitrogen and oxygen atoms in total. The van der Waals surface area contributed by atoms with Crippen LogP contribution in [0.15, 0.2) is 67.0 Å². The van der Waals surface area contributed by atoms with Crippen LogP contribution in [0.25, 0.3) is 22.0 Å². The zero-order valence-corrected chi connectivity index (χ0v) is 17.9. The molecule has 1 aliphatic rings. The van der Waals surface area contributed by atoms with E-state index >= 15 is 0 Å². The minimum absolute atomic E-state index is 0.0478. The molecular formula is C25H25N5O2. The number of nitro groups is 1. The number of likely N-dealkylation sites (N-methyl/N-ethyl adjacent to an activating group) is 1. The smallest absolute Gasteiger partial charge is 0.312 e. The molecule has 0 aliphatic carbocycles. The van der Waals surface area contributed by atoms with E-state index in [1.54, 1.807) is 12.3 Å². The number of nitrogens with zero attached hydrogens (tertiary/aromatic N) is 3. The fraction of sp³-hybridized carbons (Fsp3) is 0.240. The molecule has 162 valence electrons. The normalized spacial score (nSPS) is 16.5. The number of pyridine rings is 1. The van der Waals surface area contributed by atoms with Crippen molar-refractivity contribution < 1.29 is 4.92 Å². The molecule has 0 unspecified atom stereocenters. The molecule has 3 heterocycles. The molecule has 4 aromatic rings. The van der Waals surface area contributed by atoms with Crippen LogP contribution in [-0.4, -0.2) is 39.4 Å². The van der Waals surface area contributed by atoms with Gasteiger partial charge in [-0.25, -0.2) is 4.98 Å². The minimum Gasteiger partial charge on any atom is -0.361 e. The van der Waals surface area contributed by atoms with Gasteiger partial charge in [-0.1, -0.05) is 30.3 Å². The van der Waals surface area contributed by atoms with Gasteiger partial charge in [-0.3, -0.25) is 10.1 Å². The summed E-state index contributed by atoms with van der Waals surface area (Å²) in [5, 5.41) is 16.1. The summed E-state index contributed by atoms with van der Waals surface area (Å²) in [7, 11) is 2.18. The summed E-state index contributed by atoms with van der Waals surface area (Å²) in [6.07, 6.45) is 7.19. The van der Waals surface area contributed by atoms with E-state index in [0.29, 0.717) is 11.6 Å². The Balaban J connectivity index is 1.45. The van der Waals surface area contributed by atoms with Crippen molar-refractivity contribution in [2.45, 2.75) is 25.3 Å². The zero-order chi connectivity index (χ0) is 22.1. The van der Waals surface area contributed by atoms with Gasteiger partial charge in [-0.05, 0) is 62.2 Å². The third-order valence-electron chi connectivity index (χ3n) is 6.33. The van der Waals surface area contributed by atoms with Crippen LogP contribution in [0.5, 0.6) is 0 Å². The Hall–Kier alpha value is -3.71. The molecule has 7 heteroatoms. The first-order valence-electron chi connectivity index (χ1n) is 10.9. The maximum atomic E-state index is 11.8. The highest BCUT2D eigenvalue weighted by molar-refractivity contribution is 5.87. The number of benzene rings is 2. The number of anilines is 2. The lowest BCUT2D eigenvalue weighted by atomic mass is 10.0. The molecule has 1 atom stereocenters. The molecule has 1 aliphatic heterocycles. The third kappa shape index (κ3) is 3.94. The number of hydrogen-bond donors (Lipinski definition) is 2. The number of likely N-dealkylation sites (tertiary alicyclic amines) is 1. The Labute approximate surface area is 186 Å². The SMILES string of the molecule is CN1CCC[C@@H]1Cc1c[nH]c2ccc(Nc3ncc(-c4ccccc4)cc3[N+](=O)[O-])cc12. The van der Waals surface area contributed by atoms with E-state index in [2.05, 4.69) is 33.4 Å². The highest BCUT2D eigenvalue weighted by Gasteiger charge is 2.22. The fourth-order valence-corrected chi connectivity index (χ4v) is 4.53. The average molecular weight is 428 g/mol. The predicted octanol–water partition coefficient (Wildman–Crippen LogP) is 5.52. The van der Waals surface area contributed by atoms with Crippen molar-refractivity contribution in [3.63, 3.8) is 0 Å². The van der Waals surface area contributed by atoms with Crippen molar-refractivity contribution in [3.8, 4) is 11.1 Å². The molecule has 0 bridgehead atoms. The first-order chi connectivity index (χ1) is 15.6. The maximum absolute atomic E-state index is 11.8. The van der Waals surface area contributed by atoms with Crippen LogP contribution >= 0.6 is 0 Å². The van der Waals surface area contributed by atoms with Crippen molar-refractivity contribution in [2.75, 3.05) is 18.9 Å². The lowest BCUT2D eigenvalue weighted by Crippen LogP contribution is -2.26. The summed E-state index contributed by atoms with van der Waals surface area (Å²) in [6, 6.07) is 17.6. The summed E-state index contributed by atoms with van der Waals surface area (Å²) in [5.74, 6) is 0.238. The summed E-state index contributed by atoms with van der Waals surface area (Å²) >= 11 is 0. The van der Waals surface area contributed by atoms with Crippen molar-refractivity contribution in [1.82, 2.24) is 14.9 Å². The fourth-order valence-electron chi connectivity index (χ4n) is 4.53. The van der Waals surface area contributed by atoms with Crippen LogP contribution in [0.4, 0.5) is 17.2 Å². The quantitative estimate of drug-likeness (QED) is 0.313. The average Bonchev–Trinajstić information content (AvgIpc) is 3.40. The Bertz CT molecular complexity index is 1270. The van der Waals surface area contributed by atoms with E-state index in [4.69, 9.17) is 0 Å². The standard InChI is InChI=1S/C25H25N5O2/c1-29-11-5-8-21(29)12-19-16-26-23-10-9-20(14-22(19)23)28-25-24(30(31)32)13-18(15-27-25)17-6-3-2-4-7-17/h2-4,6-7,9-10,13-16,21,26H,5,8,11-12H2,1H3,(H,27,28)/t21-/m1/s1. The summed E-state index contributed by atoms with van der Waals surface area (Å²) in [4.78, 5) is 21.5. The van der Waals surface area contributed by atoms with E-state index < -0.39 is 4.92 Å². The highest BCUT2D eigenvalue weighted by Crippen LogP contribution is 2.32. The summed E-state index contributed by atoms with van der Waals surface area (Å²) in [6.45, 7) is 1.15. The first-order valence-corrected chi connectivity index (χ1v) is 10.9. The van der Waals surface area contributed by atoms with Gasteiger partial charge in [0.1, 0.15) is 0 Å². The van der Waals surface area contributed by atoms with Crippen LogP contribution in [-0.2, 0) is 6.42 Å². The van der Waals surface area contributed by atoms with Crippen molar-refractivity contribution >= 4 is 28.1 Å². The van der Waals surface area contributed by atoms with Gasteiger partial charge in [-0.2, -0.15) is 0 Å². The van der Waals surface area contributed by atoms with Gasteiger partial charge < -0.3 is 15.2 Å². The van der Waals surface area contributed by atoms with E-state index in [1.807, 2.05) is 48.5 Å². The van der Waals surface area contributed by atoms with Gasteiger partial charge in [0.05, 0.1) is 4.92 Å². The van der Waals surface area contributed by atoms with Gasteiger partial charge in [0, 0.05) is 46.7 Å². The molecule has 2 N–H and O–H groups in total. The molecule has 32 heavy (non-hydrogen) atoms. The third-order valence-corrected chi connectivity index (χ3v) is 6.33. The highest BCUT2D eigenvalue weighted by atomic mass is 16.6. The van der Waals surface area contributed by atoms with Crippen LogP contribution in [0, 0.1) is 10.1 Å². The summed E-state index contributed by atoms with van der Waals surface area (Å²) in [5.41, 5.74) is 4.67. The van der Waals surface area contributed by atoms with E-state index in [0.717, 1.165) is 35.1 Å². The Morgan fingerprint density at radius 2 is 2.03 bits per heavy atom. The number of nitrogens with one attached hydrogen (secondary N) is 2. The van der Waals surface area contributed by atoms with Gasteiger partial charge in [-0.15, -0.1) is 0 Å². The molecule has 2 aromatic carbocycles. The number of hydrogen-bond acceptors (Lipinski definition) is 5. The Kier molecular flexibility index (Phi) is 5.33. The largest absolute Gasteiger partial charge is 0.361 e. The molecular weight excluding hydrogens is 402 g/mol. The topological polar surface area (TPSA) is 87.1 Å². The Morgan fingerprint density at radius 1 is 1.19 bits per heavy atom. The van der Waals surface area contributed by atoms with E-state index in [1.165, 1.54) is 18.4 Å². The number of H-pyrrole nitrogens is 1. The lowest BCUT2D eigenvalue weighted by Gasteiger charge is -2.18. The van der Waals surface area contributed by atoms with Gasteiger partial charge in [0.15, 0.2) is 0 Å². The molecule has 1 saturated heterocycles. The van der Waals surface area contributed by atoms with E-state index in [-0.39, 0.29) is 11.5 Å². The number of rotatable bonds is 6. The van der Waals surface area contributed by atoms with Crippen molar-refractivity contribution in [1.29, 1.82) is 0 Å². The second-order valence-corrected chi connectivity index (χ2v) is 8.39. The van der Waals surface area contributed by atoms with Gasteiger partial charge >= 0.3 is 5.69 Å². The van der Waals surface area contributed by atoms with Gasteiger partial charge in [0.2, 0.25) is 5.82 Å². The molecule has 2 aromatic heterocycles. The number of aromatic amines is 1. The zero-order valence-electron chi connectivity index (χ0n) is 17.9.